The van der Waals surface area contributed by atoms with Crippen molar-refractivity contribution in [1.82, 2.24) is 15.6 Å². The Morgan fingerprint density at radius 3 is 2.50 bits per heavy atom. The molecule has 1 aliphatic rings. The highest BCUT2D eigenvalue weighted by molar-refractivity contribution is 5.95. The fraction of sp³-hybridized carbons (Fsp3) is 0.750. The predicted octanol–water partition coefficient (Wildman–Crippen LogP) is -1.15. The van der Waals surface area contributed by atoms with Crippen molar-refractivity contribution in [3.8, 4) is 0 Å². The smallest absolute Gasteiger partial charge is 0.344 e. The molecular formula is C12H22N4O4. The summed E-state index contributed by atoms with van der Waals surface area (Å²) in [6.45, 7) is 6.68. The van der Waals surface area contributed by atoms with E-state index in [1.807, 2.05) is 5.43 Å². The Morgan fingerprint density at radius 2 is 2.05 bits per heavy atom. The summed E-state index contributed by atoms with van der Waals surface area (Å²) in [5.74, 6) is 3.59. The van der Waals surface area contributed by atoms with Crippen LogP contribution in [0.2, 0.25) is 0 Å². The molecule has 4 N–H and O–H groups in total. The van der Waals surface area contributed by atoms with Crippen LogP contribution in [0.4, 0.5) is 0 Å². The van der Waals surface area contributed by atoms with Crippen LogP contribution in [0.1, 0.15) is 34.1 Å². The molecule has 114 valence electrons. The van der Waals surface area contributed by atoms with E-state index in [-0.39, 0.29) is 12.3 Å². The molecule has 0 saturated carbocycles. The second-order valence-electron chi connectivity index (χ2n) is 6.07. The summed E-state index contributed by atoms with van der Waals surface area (Å²) in [5.41, 5.74) is 0.0561. The fourth-order valence-corrected chi connectivity index (χ4v) is 1.90. The van der Waals surface area contributed by atoms with Gasteiger partial charge >= 0.3 is 5.97 Å². The van der Waals surface area contributed by atoms with Crippen molar-refractivity contribution in [2.24, 2.45) is 5.84 Å². The molecule has 0 aromatic carbocycles. The number of hydrogen-bond donors (Lipinski definition) is 3. The summed E-state index contributed by atoms with van der Waals surface area (Å²) in [6, 6.07) is 0. The lowest BCUT2D eigenvalue weighted by Gasteiger charge is -2.42. The molecule has 0 bridgehead atoms. The van der Waals surface area contributed by atoms with Crippen LogP contribution in [0.15, 0.2) is 0 Å². The van der Waals surface area contributed by atoms with Gasteiger partial charge in [-0.05, 0) is 27.7 Å². The molecular weight excluding hydrogens is 264 g/mol. The Bertz CT molecular complexity index is 432. The molecule has 1 fully saturated rings. The topological polar surface area (TPSA) is 114 Å². The molecule has 2 unspecified atom stereocenters. The van der Waals surface area contributed by atoms with Gasteiger partial charge in [0.15, 0.2) is 6.17 Å². The van der Waals surface area contributed by atoms with Gasteiger partial charge in [0.2, 0.25) is 5.91 Å². The average Bonchev–Trinajstić information content (AvgIpc) is 2.30. The van der Waals surface area contributed by atoms with E-state index in [0.29, 0.717) is 0 Å². The van der Waals surface area contributed by atoms with E-state index in [0.717, 1.165) is 0 Å². The average molecular weight is 286 g/mol. The summed E-state index contributed by atoms with van der Waals surface area (Å²) in [7, 11) is 1.48. The van der Waals surface area contributed by atoms with Gasteiger partial charge in [-0.1, -0.05) is 0 Å². The van der Waals surface area contributed by atoms with Crippen LogP contribution >= 0.6 is 0 Å². The number of nitrogens with one attached hydrogen (secondary N) is 2. The Hall–Kier alpha value is -1.67. The Kier molecular flexibility index (Phi) is 4.40. The number of hydrazine groups is 1. The normalized spacial score (nSPS) is 27.2. The van der Waals surface area contributed by atoms with Gasteiger partial charge in [0.1, 0.15) is 11.1 Å². The highest BCUT2D eigenvalue weighted by Crippen LogP contribution is 2.21. The lowest BCUT2D eigenvalue weighted by atomic mass is 9.92. The molecule has 0 aliphatic carbocycles. The molecule has 0 aromatic rings. The van der Waals surface area contributed by atoms with Crippen molar-refractivity contribution in [2.45, 2.75) is 51.4 Å². The van der Waals surface area contributed by atoms with Gasteiger partial charge in [0.05, 0.1) is 6.42 Å². The number of esters is 1. The number of nitrogens with two attached hydrogens (primary N) is 1. The maximum atomic E-state index is 12.1. The third-order valence-electron chi connectivity index (χ3n) is 3.00. The molecule has 8 nitrogen and oxygen atoms in total. The first-order chi connectivity index (χ1) is 9.00. The first kappa shape index (κ1) is 16.4. The minimum atomic E-state index is -1.25. The van der Waals surface area contributed by atoms with Crippen LogP contribution in [-0.4, -0.2) is 47.0 Å². The van der Waals surface area contributed by atoms with E-state index in [2.05, 4.69) is 5.32 Å². The zero-order chi connectivity index (χ0) is 15.7. The summed E-state index contributed by atoms with van der Waals surface area (Å²) < 4.78 is 5.24. The maximum Gasteiger partial charge on any atom is 0.344 e. The molecule has 0 aromatic heterocycles. The number of amides is 2. The van der Waals surface area contributed by atoms with Gasteiger partial charge in [-0.3, -0.25) is 20.3 Å². The minimum absolute atomic E-state index is 0.0914. The lowest BCUT2D eigenvalue weighted by Crippen LogP contribution is -2.70. The second kappa shape index (κ2) is 5.37. The number of rotatable bonds is 2. The zero-order valence-electron chi connectivity index (χ0n) is 12.4. The van der Waals surface area contributed by atoms with Crippen molar-refractivity contribution >= 4 is 17.8 Å². The first-order valence-electron chi connectivity index (χ1n) is 6.27. The third kappa shape index (κ3) is 3.45. The van der Waals surface area contributed by atoms with Gasteiger partial charge in [-0.25, -0.2) is 10.6 Å². The standard InChI is InChI=1S/C12H22N4O4/c1-11(2,3)20-9(18)8-14-12(4,10(19)15-13)6-7(17)16(8)5/h8,14H,6,13H2,1-5H3,(H,15,19). The highest BCUT2D eigenvalue weighted by Gasteiger charge is 2.47. The quantitative estimate of drug-likeness (QED) is 0.256. The number of carbonyl (C=O) groups excluding carboxylic acids is 3. The largest absolute Gasteiger partial charge is 0.457 e. The minimum Gasteiger partial charge on any atom is -0.457 e. The van der Waals surface area contributed by atoms with E-state index in [4.69, 9.17) is 10.6 Å². The van der Waals surface area contributed by atoms with E-state index < -0.39 is 29.2 Å². The van der Waals surface area contributed by atoms with Crippen LogP contribution < -0.4 is 16.6 Å². The van der Waals surface area contributed by atoms with Crippen LogP contribution in [0.5, 0.6) is 0 Å². The molecule has 0 spiro atoms. The van der Waals surface area contributed by atoms with Crippen molar-refractivity contribution in [3.63, 3.8) is 0 Å². The monoisotopic (exact) mass is 286 g/mol. The van der Waals surface area contributed by atoms with E-state index in [1.165, 1.54) is 18.9 Å². The Labute approximate surface area is 118 Å². The Balaban J connectivity index is 2.97. The maximum absolute atomic E-state index is 12.1. The molecule has 2 atom stereocenters. The number of ether oxygens (including phenoxy) is 1. The van der Waals surface area contributed by atoms with Gasteiger partial charge in [-0.15, -0.1) is 0 Å². The summed E-state index contributed by atoms with van der Waals surface area (Å²) in [4.78, 5) is 37.1. The predicted molar refractivity (Wildman–Crippen MR) is 70.9 cm³/mol. The number of carbonyl (C=O) groups is 3. The number of likely N-dealkylation sites (N-methyl/N-ethyl adjacent to an activating group) is 1. The molecule has 20 heavy (non-hydrogen) atoms. The Morgan fingerprint density at radius 1 is 1.50 bits per heavy atom. The third-order valence-corrected chi connectivity index (χ3v) is 3.00. The van der Waals surface area contributed by atoms with E-state index in [1.54, 1.807) is 20.8 Å². The van der Waals surface area contributed by atoms with Gasteiger partial charge in [0, 0.05) is 7.05 Å². The van der Waals surface area contributed by atoms with Crippen molar-refractivity contribution in [1.29, 1.82) is 0 Å². The molecule has 1 saturated heterocycles. The molecule has 8 heteroatoms. The second-order valence-corrected chi connectivity index (χ2v) is 6.07. The fourth-order valence-electron chi connectivity index (χ4n) is 1.90. The van der Waals surface area contributed by atoms with Crippen molar-refractivity contribution < 1.29 is 19.1 Å². The van der Waals surface area contributed by atoms with Crippen LogP contribution in [-0.2, 0) is 19.1 Å². The number of nitrogens with zero attached hydrogens (tertiary/aromatic N) is 1. The summed E-state index contributed by atoms with van der Waals surface area (Å²) in [5, 5.41) is 2.82. The number of hydrogen-bond acceptors (Lipinski definition) is 6. The van der Waals surface area contributed by atoms with E-state index in [9.17, 15) is 14.4 Å². The van der Waals surface area contributed by atoms with Gasteiger partial charge < -0.3 is 9.64 Å². The summed E-state index contributed by atoms with van der Waals surface area (Å²) in [6.07, 6.45) is -1.12. The van der Waals surface area contributed by atoms with Crippen LogP contribution in [0.3, 0.4) is 0 Å². The van der Waals surface area contributed by atoms with Crippen molar-refractivity contribution in [2.75, 3.05) is 7.05 Å². The van der Waals surface area contributed by atoms with Crippen LogP contribution in [0, 0.1) is 0 Å². The highest BCUT2D eigenvalue weighted by atomic mass is 16.6. The lowest BCUT2D eigenvalue weighted by molar-refractivity contribution is -0.170. The SMILES string of the molecule is CN1C(=O)CC(C)(C(=O)NN)NC1C(=O)OC(C)(C)C. The molecule has 1 heterocycles. The first-order valence-corrected chi connectivity index (χ1v) is 6.27. The summed E-state index contributed by atoms with van der Waals surface area (Å²) >= 11 is 0. The molecule has 1 aliphatic heterocycles. The van der Waals surface area contributed by atoms with Gasteiger partial charge in [-0.2, -0.15) is 0 Å². The molecule has 2 amide bonds. The van der Waals surface area contributed by atoms with Gasteiger partial charge in [0.25, 0.3) is 5.91 Å². The molecule has 0 radical (unpaired) electrons. The zero-order valence-corrected chi connectivity index (χ0v) is 12.4. The van der Waals surface area contributed by atoms with E-state index >= 15 is 0 Å². The van der Waals surface area contributed by atoms with Crippen molar-refractivity contribution in [3.05, 3.63) is 0 Å². The van der Waals surface area contributed by atoms with Crippen LogP contribution in [0.25, 0.3) is 0 Å². The molecule has 1 rings (SSSR count).